The van der Waals surface area contributed by atoms with E-state index in [1.54, 1.807) is 0 Å². The van der Waals surface area contributed by atoms with E-state index in [0.29, 0.717) is 31.1 Å². The lowest BCUT2D eigenvalue weighted by molar-refractivity contribution is -0.142. The molecule has 4 aliphatic rings. The number of hydrogen-bond acceptors (Lipinski definition) is 5. The van der Waals surface area contributed by atoms with E-state index < -0.39 is 6.10 Å². The molecule has 2 heterocycles. The van der Waals surface area contributed by atoms with Crippen molar-refractivity contribution in [2.45, 2.75) is 69.2 Å². The van der Waals surface area contributed by atoms with Crippen molar-refractivity contribution in [3.05, 3.63) is 23.8 Å². The first kappa shape index (κ1) is 19.8. The molecule has 1 aromatic rings. The van der Waals surface area contributed by atoms with Gasteiger partial charge in [0.25, 0.3) is 0 Å². The lowest BCUT2D eigenvalue weighted by Crippen LogP contribution is -2.47. The van der Waals surface area contributed by atoms with Gasteiger partial charge in [0.1, 0.15) is 18.0 Å². The highest BCUT2D eigenvalue weighted by Crippen LogP contribution is 2.47. The number of benzene rings is 1. The lowest BCUT2D eigenvalue weighted by Gasteiger charge is -2.37. The summed E-state index contributed by atoms with van der Waals surface area (Å²) in [5.41, 5.74) is 1.80. The summed E-state index contributed by atoms with van der Waals surface area (Å²) in [5, 5.41) is 15.8. The minimum atomic E-state index is -0.467. The van der Waals surface area contributed by atoms with Crippen molar-refractivity contribution in [2.75, 3.05) is 18.5 Å². The molecule has 2 aliphatic carbocycles. The standard InChI is InChI=1S/C23H30N2O5/c26-12-20-23-18(9-16(29-20)10-21(27)24-11-14-3-4-14)17-8-15(5-6-19(17)30-23)25-22(28)7-13-1-2-13/h5-6,8,13-14,16,18,20,23,26H,1-4,7,9-12H2,(H,24,27)(H,25,28)/t16-,18-,20-,23+/m0/s1. The number of amides is 2. The van der Waals surface area contributed by atoms with Crippen LogP contribution in [0.4, 0.5) is 5.69 Å². The van der Waals surface area contributed by atoms with Gasteiger partial charge in [-0.05, 0) is 62.1 Å². The van der Waals surface area contributed by atoms with Gasteiger partial charge in [0.2, 0.25) is 11.8 Å². The van der Waals surface area contributed by atoms with Crippen LogP contribution in [0.25, 0.3) is 0 Å². The van der Waals surface area contributed by atoms with Gasteiger partial charge in [0.05, 0.1) is 19.1 Å². The Kier molecular flexibility index (Phi) is 5.41. The molecular formula is C23H30N2O5. The number of hydrogen-bond donors (Lipinski definition) is 3. The minimum Gasteiger partial charge on any atom is -0.487 e. The van der Waals surface area contributed by atoms with Gasteiger partial charge in [-0.25, -0.2) is 0 Å². The highest BCUT2D eigenvalue weighted by atomic mass is 16.6. The fourth-order valence-electron chi connectivity index (χ4n) is 4.62. The van der Waals surface area contributed by atoms with E-state index in [1.165, 1.54) is 12.8 Å². The molecule has 162 valence electrons. The van der Waals surface area contributed by atoms with Crippen molar-refractivity contribution in [1.29, 1.82) is 0 Å². The molecule has 1 saturated heterocycles. The van der Waals surface area contributed by atoms with Crippen LogP contribution in [-0.4, -0.2) is 48.4 Å². The quantitative estimate of drug-likeness (QED) is 0.607. The summed E-state index contributed by atoms with van der Waals surface area (Å²) < 4.78 is 12.1. The number of rotatable bonds is 8. The number of carbonyl (C=O) groups is 2. The molecule has 0 bridgehead atoms. The van der Waals surface area contributed by atoms with Gasteiger partial charge in [-0.2, -0.15) is 0 Å². The Morgan fingerprint density at radius 3 is 2.60 bits per heavy atom. The summed E-state index contributed by atoms with van der Waals surface area (Å²) in [6.07, 6.45) is 5.22. The maximum Gasteiger partial charge on any atom is 0.224 e. The molecule has 2 amide bonds. The van der Waals surface area contributed by atoms with Crippen LogP contribution < -0.4 is 15.4 Å². The fraction of sp³-hybridized carbons (Fsp3) is 0.652. The maximum absolute atomic E-state index is 12.3. The number of aliphatic hydroxyl groups excluding tert-OH is 1. The number of carbonyl (C=O) groups excluding carboxylic acids is 2. The monoisotopic (exact) mass is 414 g/mol. The first-order chi connectivity index (χ1) is 14.6. The van der Waals surface area contributed by atoms with Gasteiger partial charge in [-0.15, -0.1) is 0 Å². The van der Waals surface area contributed by atoms with Crippen LogP contribution in [0.2, 0.25) is 0 Å². The summed E-state index contributed by atoms with van der Waals surface area (Å²) in [5.74, 6) is 2.04. The third kappa shape index (κ3) is 4.47. The molecular weight excluding hydrogens is 384 g/mol. The Morgan fingerprint density at radius 1 is 1.07 bits per heavy atom. The van der Waals surface area contributed by atoms with Crippen LogP contribution in [0.5, 0.6) is 5.75 Å². The lowest BCUT2D eigenvalue weighted by atomic mass is 9.84. The second-order valence-corrected chi connectivity index (χ2v) is 9.30. The van der Waals surface area contributed by atoms with Gasteiger partial charge in [-0.1, -0.05) is 0 Å². The Labute approximate surface area is 176 Å². The summed E-state index contributed by atoms with van der Waals surface area (Å²) in [7, 11) is 0. The molecule has 1 aromatic carbocycles. The van der Waals surface area contributed by atoms with E-state index in [0.717, 1.165) is 36.4 Å². The number of anilines is 1. The van der Waals surface area contributed by atoms with Gasteiger partial charge in [0, 0.05) is 30.1 Å². The Balaban J connectivity index is 1.26. The molecule has 0 spiro atoms. The fourth-order valence-corrected chi connectivity index (χ4v) is 4.62. The van der Waals surface area contributed by atoms with Gasteiger partial charge < -0.3 is 25.2 Å². The molecule has 0 unspecified atom stereocenters. The average Bonchev–Trinajstić information content (AvgIpc) is 3.65. The topological polar surface area (TPSA) is 96.9 Å². The zero-order valence-corrected chi connectivity index (χ0v) is 17.1. The van der Waals surface area contributed by atoms with Crippen LogP contribution in [0.1, 0.15) is 56.4 Å². The molecule has 30 heavy (non-hydrogen) atoms. The highest BCUT2D eigenvalue weighted by Gasteiger charge is 2.46. The summed E-state index contributed by atoms with van der Waals surface area (Å²) in [6, 6.07) is 5.72. The summed E-state index contributed by atoms with van der Waals surface area (Å²) in [6.45, 7) is 0.594. The largest absolute Gasteiger partial charge is 0.487 e. The molecule has 4 atom stereocenters. The van der Waals surface area contributed by atoms with Crippen LogP contribution in [0.3, 0.4) is 0 Å². The van der Waals surface area contributed by atoms with Gasteiger partial charge >= 0.3 is 0 Å². The van der Waals surface area contributed by atoms with Crippen LogP contribution in [0.15, 0.2) is 18.2 Å². The molecule has 0 radical (unpaired) electrons. The second kappa shape index (κ2) is 8.19. The van der Waals surface area contributed by atoms with Crippen molar-refractivity contribution in [2.24, 2.45) is 11.8 Å². The average molecular weight is 415 g/mol. The van der Waals surface area contributed by atoms with Gasteiger partial charge in [0.15, 0.2) is 0 Å². The number of nitrogens with one attached hydrogen (secondary N) is 2. The van der Waals surface area contributed by atoms with E-state index in [9.17, 15) is 14.7 Å². The molecule has 3 fully saturated rings. The molecule has 3 N–H and O–H groups in total. The Bertz CT molecular complexity index is 820. The van der Waals surface area contributed by atoms with Crippen molar-refractivity contribution in [1.82, 2.24) is 5.32 Å². The third-order valence-electron chi connectivity index (χ3n) is 6.65. The van der Waals surface area contributed by atoms with E-state index in [-0.39, 0.29) is 36.5 Å². The zero-order valence-electron chi connectivity index (χ0n) is 17.1. The predicted octanol–water partition coefficient (Wildman–Crippen LogP) is 2.34. The molecule has 7 heteroatoms. The van der Waals surface area contributed by atoms with E-state index >= 15 is 0 Å². The predicted molar refractivity (Wildman–Crippen MR) is 110 cm³/mol. The van der Waals surface area contributed by atoms with E-state index in [1.807, 2.05) is 18.2 Å². The first-order valence-electron chi connectivity index (χ1n) is 11.2. The SMILES string of the molecule is O=C(C[C@@H]1C[C@H]2c3cc(NC(=O)CC4CC4)ccc3O[C@H]2[C@H](CO)O1)NCC1CC1. The molecule has 2 saturated carbocycles. The highest BCUT2D eigenvalue weighted by molar-refractivity contribution is 5.91. The molecule has 0 aromatic heterocycles. The van der Waals surface area contributed by atoms with Crippen LogP contribution in [-0.2, 0) is 14.3 Å². The Morgan fingerprint density at radius 2 is 1.87 bits per heavy atom. The number of fused-ring (bicyclic) bond motifs is 3. The van der Waals surface area contributed by atoms with Gasteiger partial charge in [-0.3, -0.25) is 9.59 Å². The number of ether oxygens (including phenoxy) is 2. The molecule has 7 nitrogen and oxygen atoms in total. The van der Waals surface area contributed by atoms with Crippen LogP contribution in [0, 0.1) is 11.8 Å². The third-order valence-corrected chi connectivity index (χ3v) is 6.65. The summed E-state index contributed by atoms with van der Waals surface area (Å²) >= 11 is 0. The smallest absolute Gasteiger partial charge is 0.224 e. The summed E-state index contributed by atoms with van der Waals surface area (Å²) in [4.78, 5) is 24.5. The molecule has 5 rings (SSSR count). The number of aliphatic hydroxyl groups is 1. The first-order valence-corrected chi connectivity index (χ1v) is 11.2. The Hall–Kier alpha value is -2.12. The second-order valence-electron chi connectivity index (χ2n) is 9.30. The maximum atomic E-state index is 12.3. The normalized spacial score (nSPS) is 29.5. The van der Waals surface area contributed by atoms with Crippen LogP contribution >= 0.6 is 0 Å². The van der Waals surface area contributed by atoms with E-state index in [2.05, 4.69) is 10.6 Å². The van der Waals surface area contributed by atoms with Crippen molar-refractivity contribution < 1.29 is 24.2 Å². The van der Waals surface area contributed by atoms with Crippen molar-refractivity contribution in [3.63, 3.8) is 0 Å². The molecule has 2 aliphatic heterocycles. The van der Waals surface area contributed by atoms with Crippen molar-refractivity contribution >= 4 is 17.5 Å². The zero-order chi connectivity index (χ0) is 20.7. The van der Waals surface area contributed by atoms with Crippen molar-refractivity contribution in [3.8, 4) is 5.75 Å². The minimum absolute atomic E-state index is 0.00210. The van der Waals surface area contributed by atoms with E-state index in [4.69, 9.17) is 9.47 Å².